The van der Waals surface area contributed by atoms with E-state index in [1.54, 1.807) is 25.1 Å². The standard InChI is InChI=1S/C30H38F6N6/c1-5-8-16-42(17-9-6-2)20-26-39-25-18-21(27-24(29(31,32)33)12-10-15-37-27)13-14-23(25)28(40-26)38-22(11-7-3)19-41(4)30(34,35)36/h7,10-15,18-19,26,39H,5-6,8-9,16-17,20H2,1-4H3,(H,38,40)/b11-7-,22-19+. The first kappa shape index (κ1) is 33.0. The van der Waals surface area contributed by atoms with Gasteiger partial charge in [-0.2, -0.15) is 26.3 Å². The maximum atomic E-state index is 13.8. The number of aromatic nitrogens is 1. The van der Waals surface area contributed by atoms with Crippen molar-refractivity contribution in [2.75, 3.05) is 32.0 Å². The van der Waals surface area contributed by atoms with Gasteiger partial charge in [-0.25, -0.2) is 4.99 Å². The van der Waals surface area contributed by atoms with E-state index < -0.39 is 24.2 Å². The number of rotatable bonds is 12. The van der Waals surface area contributed by atoms with E-state index in [1.807, 2.05) is 0 Å². The van der Waals surface area contributed by atoms with Gasteiger partial charge in [0.25, 0.3) is 0 Å². The Morgan fingerprint density at radius 1 is 1.05 bits per heavy atom. The summed E-state index contributed by atoms with van der Waals surface area (Å²) in [4.78, 5) is 11.2. The average molecular weight is 597 g/mol. The molecule has 0 bridgehead atoms. The summed E-state index contributed by atoms with van der Waals surface area (Å²) in [7, 11) is 0.906. The van der Waals surface area contributed by atoms with E-state index in [0.29, 0.717) is 23.6 Å². The Morgan fingerprint density at radius 2 is 1.74 bits per heavy atom. The number of alkyl halides is 6. The molecule has 1 atom stereocenters. The Bertz CT molecular complexity index is 1260. The van der Waals surface area contributed by atoms with Crippen LogP contribution in [0.2, 0.25) is 0 Å². The lowest BCUT2D eigenvalue weighted by Crippen LogP contribution is -2.41. The van der Waals surface area contributed by atoms with Crippen molar-refractivity contribution in [3.05, 3.63) is 71.7 Å². The smallest absolute Gasteiger partial charge is 0.362 e. The molecule has 3 rings (SSSR count). The van der Waals surface area contributed by atoms with Crippen LogP contribution in [0.15, 0.2) is 65.6 Å². The SMILES string of the molecule is C/C=C\C(=C/N(C)C(F)(F)F)NC1=NC(CN(CCCC)CCCC)Nc2cc(-c3ncccc3C(F)(F)F)ccc21. The van der Waals surface area contributed by atoms with Crippen LogP contribution >= 0.6 is 0 Å². The number of nitrogens with one attached hydrogen (secondary N) is 2. The summed E-state index contributed by atoms with van der Waals surface area (Å²) in [6.07, 6.45) is -0.354. The van der Waals surface area contributed by atoms with Crippen molar-refractivity contribution in [3.63, 3.8) is 0 Å². The minimum absolute atomic E-state index is 0.134. The van der Waals surface area contributed by atoms with Gasteiger partial charge in [0.15, 0.2) is 0 Å². The highest BCUT2D eigenvalue weighted by Crippen LogP contribution is 2.37. The zero-order valence-corrected chi connectivity index (χ0v) is 24.3. The highest BCUT2D eigenvalue weighted by molar-refractivity contribution is 6.06. The molecule has 230 valence electrons. The van der Waals surface area contributed by atoms with Gasteiger partial charge in [0, 0.05) is 42.8 Å². The summed E-state index contributed by atoms with van der Waals surface area (Å²) >= 11 is 0. The van der Waals surface area contributed by atoms with Gasteiger partial charge in [0.1, 0.15) is 12.0 Å². The number of anilines is 1. The number of pyridine rings is 1. The molecule has 0 spiro atoms. The molecule has 0 saturated heterocycles. The summed E-state index contributed by atoms with van der Waals surface area (Å²) in [6, 6.07) is 6.91. The first-order chi connectivity index (χ1) is 19.9. The molecule has 0 aliphatic carbocycles. The molecule has 12 heteroatoms. The van der Waals surface area contributed by atoms with Crippen molar-refractivity contribution < 1.29 is 26.3 Å². The molecule has 2 N–H and O–H groups in total. The zero-order chi connectivity index (χ0) is 30.9. The van der Waals surface area contributed by atoms with Crippen molar-refractivity contribution in [1.82, 2.24) is 20.1 Å². The average Bonchev–Trinajstić information content (AvgIpc) is 2.93. The van der Waals surface area contributed by atoms with E-state index in [4.69, 9.17) is 4.99 Å². The molecular formula is C30H38F6N6. The molecule has 0 radical (unpaired) electrons. The number of aliphatic imine (C=N–C) groups is 1. The highest BCUT2D eigenvalue weighted by Gasteiger charge is 2.35. The van der Waals surface area contributed by atoms with Gasteiger partial charge >= 0.3 is 12.5 Å². The lowest BCUT2D eigenvalue weighted by Gasteiger charge is -2.31. The van der Waals surface area contributed by atoms with E-state index in [0.717, 1.165) is 58.1 Å². The second kappa shape index (κ2) is 14.6. The first-order valence-electron chi connectivity index (χ1n) is 14.0. The van der Waals surface area contributed by atoms with E-state index in [-0.39, 0.29) is 21.9 Å². The van der Waals surface area contributed by atoms with Crippen LogP contribution in [0.1, 0.15) is 57.6 Å². The fraction of sp³-hybridized carbons (Fsp3) is 0.467. The predicted molar refractivity (Wildman–Crippen MR) is 155 cm³/mol. The van der Waals surface area contributed by atoms with E-state index in [2.05, 4.69) is 34.4 Å². The molecule has 1 aromatic carbocycles. The Kier molecular flexibility index (Phi) is 11.4. The van der Waals surface area contributed by atoms with Crippen LogP contribution < -0.4 is 10.6 Å². The Labute approximate surface area is 243 Å². The number of benzene rings is 1. The van der Waals surface area contributed by atoms with E-state index in [9.17, 15) is 26.3 Å². The third kappa shape index (κ3) is 8.98. The highest BCUT2D eigenvalue weighted by atomic mass is 19.4. The minimum Gasteiger partial charge on any atom is -0.362 e. The van der Waals surface area contributed by atoms with Crippen LogP contribution in [0, 0.1) is 0 Å². The van der Waals surface area contributed by atoms with Gasteiger partial charge in [0.2, 0.25) is 0 Å². The van der Waals surface area contributed by atoms with Crippen LogP contribution in [-0.4, -0.2) is 59.8 Å². The Hall–Kier alpha value is -3.54. The van der Waals surface area contributed by atoms with Gasteiger partial charge in [-0.3, -0.25) is 14.8 Å². The second-order valence-corrected chi connectivity index (χ2v) is 10.1. The molecule has 1 unspecified atom stereocenters. The third-order valence-corrected chi connectivity index (χ3v) is 6.70. The molecule has 1 aromatic heterocycles. The number of allylic oxidation sites excluding steroid dienone is 2. The molecule has 0 amide bonds. The number of hydrogen-bond acceptors (Lipinski definition) is 6. The van der Waals surface area contributed by atoms with E-state index in [1.165, 1.54) is 24.4 Å². The van der Waals surface area contributed by atoms with Crippen molar-refractivity contribution in [2.24, 2.45) is 4.99 Å². The van der Waals surface area contributed by atoms with Gasteiger partial charge in [0.05, 0.1) is 17.0 Å². The maximum absolute atomic E-state index is 13.8. The van der Waals surface area contributed by atoms with Crippen molar-refractivity contribution in [1.29, 1.82) is 0 Å². The minimum atomic E-state index is -4.60. The summed E-state index contributed by atoms with van der Waals surface area (Å²) in [5.74, 6) is 0.309. The summed E-state index contributed by atoms with van der Waals surface area (Å²) < 4.78 is 81.2. The normalized spacial score (nSPS) is 15.9. The number of nitrogens with zero attached hydrogens (tertiary/aromatic N) is 4. The molecule has 0 saturated carbocycles. The number of amidine groups is 1. The summed E-state index contributed by atoms with van der Waals surface area (Å²) in [6.45, 7) is 8.10. The van der Waals surface area contributed by atoms with Crippen molar-refractivity contribution in [3.8, 4) is 11.3 Å². The second-order valence-electron chi connectivity index (χ2n) is 10.1. The molecule has 0 fully saturated rings. The van der Waals surface area contributed by atoms with Crippen LogP contribution in [0.25, 0.3) is 11.3 Å². The molecule has 2 aromatic rings. The molecule has 2 heterocycles. The Balaban J connectivity index is 2.07. The molecule has 6 nitrogen and oxygen atoms in total. The Morgan fingerprint density at radius 3 is 2.33 bits per heavy atom. The number of fused-ring (bicyclic) bond motifs is 1. The van der Waals surface area contributed by atoms with Crippen LogP contribution in [-0.2, 0) is 6.18 Å². The van der Waals surface area contributed by atoms with Gasteiger partial charge in [-0.1, -0.05) is 38.8 Å². The molecule has 1 aliphatic heterocycles. The monoisotopic (exact) mass is 596 g/mol. The van der Waals surface area contributed by atoms with Crippen LogP contribution in [0.5, 0.6) is 0 Å². The van der Waals surface area contributed by atoms with Crippen LogP contribution in [0.4, 0.5) is 32.0 Å². The maximum Gasteiger partial charge on any atom is 0.484 e. The van der Waals surface area contributed by atoms with Gasteiger partial charge in [-0.05, 0) is 63.2 Å². The van der Waals surface area contributed by atoms with Crippen LogP contribution in [0.3, 0.4) is 0 Å². The zero-order valence-electron chi connectivity index (χ0n) is 24.3. The fourth-order valence-electron chi connectivity index (χ4n) is 4.52. The lowest BCUT2D eigenvalue weighted by molar-refractivity contribution is -0.219. The van der Waals surface area contributed by atoms with Gasteiger partial charge in [-0.15, -0.1) is 0 Å². The number of unbranched alkanes of at least 4 members (excludes halogenated alkanes) is 2. The largest absolute Gasteiger partial charge is 0.484 e. The number of halogens is 6. The summed E-state index contributed by atoms with van der Waals surface area (Å²) in [5, 5.41) is 6.37. The third-order valence-electron chi connectivity index (χ3n) is 6.70. The van der Waals surface area contributed by atoms with Crippen molar-refractivity contribution in [2.45, 2.75) is 65.1 Å². The number of hydrogen-bond donors (Lipinski definition) is 2. The lowest BCUT2D eigenvalue weighted by atomic mass is 10.0. The molecule has 1 aliphatic rings. The predicted octanol–water partition coefficient (Wildman–Crippen LogP) is 7.63. The quantitative estimate of drug-likeness (QED) is 0.150. The molecule has 42 heavy (non-hydrogen) atoms. The van der Waals surface area contributed by atoms with E-state index >= 15 is 0 Å². The fourth-order valence-corrected chi connectivity index (χ4v) is 4.52. The van der Waals surface area contributed by atoms with Crippen molar-refractivity contribution >= 4 is 11.5 Å². The van der Waals surface area contributed by atoms with Gasteiger partial charge < -0.3 is 10.6 Å². The summed E-state index contributed by atoms with van der Waals surface area (Å²) in [5.41, 5.74) is 0.343. The first-order valence-corrected chi connectivity index (χ1v) is 14.0. The topological polar surface area (TPSA) is 55.8 Å². The molecular weight excluding hydrogens is 558 g/mol.